The van der Waals surface area contributed by atoms with E-state index in [9.17, 15) is 0 Å². The lowest BCUT2D eigenvalue weighted by atomic mass is 10.3. The van der Waals surface area contributed by atoms with Crippen LogP contribution in [0.4, 0.5) is 0 Å². The number of aliphatic hydroxyl groups is 1. The van der Waals surface area contributed by atoms with Crippen molar-refractivity contribution in [1.29, 1.82) is 0 Å². The molecule has 88 valence electrons. The summed E-state index contributed by atoms with van der Waals surface area (Å²) in [5.74, 6) is 0.701. The highest BCUT2D eigenvalue weighted by Crippen LogP contribution is 2.16. The van der Waals surface area contributed by atoms with Crippen molar-refractivity contribution in [3.63, 3.8) is 0 Å². The first-order valence-electron chi connectivity index (χ1n) is 5.24. The van der Waals surface area contributed by atoms with Crippen LogP contribution in [0.1, 0.15) is 5.69 Å². The topological polar surface area (TPSA) is 45.6 Å². The van der Waals surface area contributed by atoms with Gasteiger partial charge in [-0.15, -0.1) is 0 Å². The lowest BCUT2D eigenvalue weighted by Crippen LogP contribution is -2.10. The Morgan fingerprint density at radius 1 is 1.50 bits per heavy atom. The zero-order valence-electron chi connectivity index (χ0n) is 9.76. The van der Waals surface area contributed by atoms with Crippen molar-refractivity contribution in [2.75, 3.05) is 33.9 Å². The van der Waals surface area contributed by atoms with Crippen molar-refractivity contribution in [3.8, 4) is 5.75 Å². The fourth-order valence-corrected chi connectivity index (χ4v) is 1.18. The molecule has 1 N–H and O–H groups in total. The molecule has 0 aliphatic carbocycles. The molecule has 16 heavy (non-hydrogen) atoms. The van der Waals surface area contributed by atoms with E-state index in [0.717, 1.165) is 12.2 Å². The number of rotatable bonds is 6. The Bertz CT molecular complexity index is 338. The molecule has 0 unspecified atom stereocenters. The van der Waals surface area contributed by atoms with Crippen molar-refractivity contribution in [3.05, 3.63) is 30.1 Å². The van der Waals surface area contributed by atoms with E-state index in [4.69, 9.17) is 9.84 Å². The van der Waals surface area contributed by atoms with E-state index in [-0.39, 0.29) is 6.61 Å². The van der Waals surface area contributed by atoms with E-state index in [0.29, 0.717) is 12.4 Å². The molecule has 1 aromatic rings. The van der Waals surface area contributed by atoms with Gasteiger partial charge in [0.1, 0.15) is 18.1 Å². The molecule has 1 heterocycles. The molecule has 0 bridgehead atoms. The van der Waals surface area contributed by atoms with Crippen LogP contribution in [-0.4, -0.2) is 48.8 Å². The maximum Gasteiger partial charge on any atom is 0.145 e. The zero-order chi connectivity index (χ0) is 11.8. The molecule has 0 saturated carbocycles. The van der Waals surface area contributed by atoms with Gasteiger partial charge in [-0.05, 0) is 32.3 Å². The number of hydrogen-bond acceptors (Lipinski definition) is 4. The monoisotopic (exact) mass is 222 g/mol. The highest BCUT2D eigenvalue weighted by molar-refractivity contribution is 5.52. The summed E-state index contributed by atoms with van der Waals surface area (Å²) in [6.07, 6.45) is 5.67. The van der Waals surface area contributed by atoms with Crippen molar-refractivity contribution in [1.82, 2.24) is 9.88 Å². The summed E-state index contributed by atoms with van der Waals surface area (Å²) in [6.45, 7) is 1.16. The molecular weight excluding hydrogens is 204 g/mol. The number of hydrogen-bond donors (Lipinski definition) is 1. The molecule has 0 atom stereocenters. The Morgan fingerprint density at radius 2 is 2.31 bits per heavy atom. The fraction of sp³-hybridized carbons (Fsp3) is 0.417. The highest BCUT2D eigenvalue weighted by atomic mass is 16.5. The first kappa shape index (κ1) is 12.7. The van der Waals surface area contributed by atoms with E-state index < -0.39 is 0 Å². The molecule has 0 aliphatic heterocycles. The van der Waals surface area contributed by atoms with Crippen LogP contribution in [0, 0.1) is 0 Å². The third-order valence-electron chi connectivity index (χ3n) is 1.89. The Balaban J connectivity index is 2.66. The van der Waals surface area contributed by atoms with Crippen molar-refractivity contribution in [2.24, 2.45) is 0 Å². The largest absolute Gasteiger partial charge is 0.489 e. The minimum atomic E-state index is 0.00967. The normalized spacial score (nSPS) is 11.2. The quantitative estimate of drug-likeness (QED) is 0.781. The molecule has 0 aromatic carbocycles. The molecular formula is C12H18N2O2. The first-order chi connectivity index (χ1) is 7.74. The summed E-state index contributed by atoms with van der Waals surface area (Å²) in [7, 11) is 4.01. The molecule has 4 nitrogen and oxygen atoms in total. The maximum absolute atomic E-state index is 8.70. The fourth-order valence-electron chi connectivity index (χ4n) is 1.18. The standard InChI is InChI=1S/C12H18N2O2/c1-14(2)8-4-5-11-12(16-10-9-15)6-3-7-13-11/h3-7,15H,8-10H2,1-2H3/b5-4-. The van der Waals surface area contributed by atoms with E-state index in [2.05, 4.69) is 9.88 Å². The number of likely N-dealkylation sites (N-methyl/N-ethyl adjacent to an activating group) is 1. The highest BCUT2D eigenvalue weighted by Gasteiger charge is 2.00. The van der Waals surface area contributed by atoms with E-state index >= 15 is 0 Å². The number of pyridine rings is 1. The smallest absolute Gasteiger partial charge is 0.145 e. The maximum atomic E-state index is 8.70. The second-order valence-electron chi connectivity index (χ2n) is 3.62. The molecule has 4 heteroatoms. The molecule has 0 saturated heterocycles. The van der Waals surface area contributed by atoms with Crippen molar-refractivity contribution >= 4 is 6.08 Å². The summed E-state index contributed by atoms with van der Waals surface area (Å²) in [6, 6.07) is 3.66. The van der Waals surface area contributed by atoms with Crippen LogP contribution in [0.15, 0.2) is 24.4 Å². The van der Waals surface area contributed by atoms with Gasteiger partial charge in [-0.2, -0.15) is 0 Å². The molecule has 0 fully saturated rings. The SMILES string of the molecule is CN(C)C/C=C\c1ncccc1OCCO. The van der Waals surface area contributed by atoms with Gasteiger partial charge in [-0.3, -0.25) is 4.98 Å². The number of aliphatic hydroxyl groups excluding tert-OH is 1. The van der Waals surface area contributed by atoms with Gasteiger partial charge in [0.05, 0.1) is 6.61 Å². The van der Waals surface area contributed by atoms with Crippen LogP contribution in [0.25, 0.3) is 6.08 Å². The second kappa shape index (κ2) is 6.98. The Labute approximate surface area is 96.2 Å². The van der Waals surface area contributed by atoms with Crippen LogP contribution in [0.5, 0.6) is 5.75 Å². The number of ether oxygens (including phenoxy) is 1. The third kappa shape index (κ3) is 4.42. The Hall–Kier alpha value is -1.39. The van der Waals surface area contributed by atoms with Gasteiger partial charge in [-0.25, -0.2) is 0 Å². The van der Waals surface area contributed by atoms with Crippen LogP contribution in [0.3, 0.4) is 0 Å². The predicted octanol–water partition coefficient (Wildman–Crippen LogP) is 1.03. The van der Waals surface area contributed by atoms with Gasteiger partial charge < -0.3 is 14.7 Å². The molecule has 1 aromatic heterocycles. The summed E-state index contributed by atoms with van der Waals surface area (Å²) >= 11 is 0. The van der Waals surface area contributed by atoms with Gasteiger partial charge in [0.2, 0.25) is 0 Å². The van der Waals surface area contributed by atoms with Gasteiger partial charge in [0.25, 0.3) is 0 Å². The number of nitrogens with zero attached hydrogens (tertiary/aromatic N) is 2. The van der Waals surface area contributed by atoms with Crippen molar-refractivity contribution in [2.45, 2.75) is 0 Å². The summed E-state index contributed by atoms with van der Waals surface area (Å²) in [5.41, 5.74) is 0.790. The van der Waals surface area contributed by atoms with Gasteiger partial charge in [0.15, 0.2) is 0 Å². The second-order valence-corrected chi connectivity index (χ2v) is 3.62. The summed E-state index contributed by atoms with van der Waals surface area (Å²) < 4.78 is 5.37. The molecule has 0 spiro atoms. The van der Waals surface area contributed by atoms with Gasteiger partial charge in [-0.1, -0.05) is 6.08 Å². The third-order valence-corrected chi connectivity index (χ3v) is 1.89. The van der Waals surface area contributed by atoms with Gasteiger partial charge >= 0.3 is 0 Å². The predicted molar refractivity (Wildman–Crippen MR) is 64.4 cm³/mol. The minimum absolute atomic E-state index is 0.00967. The molecule has 0 aliphatic rings. The van der Waals surface area contributed by atoms with E-state index in [1.54, 1.807) is 6.20 Å². The summed E-state index contributed by atoms with van der Waals surface area (Å²) in [5, 5.41) is 8.70. The lowest BCUT2D eigenvalue weighted by Gasteiger charge is -2.07. The van der Waals surface area contributed by atoms with Gasteiger partial charge in [0, 0.05) is 12.7 Å². The minimum Gasteiger partial charge on any atom is -0.489 e. The Morgan fingerprint density at radius 3 is 3.00 bits per heavy atom. The van der Waals surface area contributed by atoms with Crippen molar-refractivity contribution < 1.29 is 9.84 Å². The van der Waals surface area contributed by atoms with Crippen LogP contribution < -0.4 is 4.74 Å². The summed E-state index contributed by atoms with van der Waals surface area (Å²) in [4.78, 5) is 6.28. The average Bonchev–Trinajstić information content (AvgIpc) is 2.27. The number of aromatic nitrogens is 1. The average molecular weight is 222 g/mol. The van der Waals surface area contributed by atoms with E-state index in [1.807, 2.05) is 38.4 Å². The molecule has 0 radical (unpaired) electrons. The van der Waals surface area contributed by atoms with Crippen LogP contribution in [-0.2, 0) is 0 Å². The van der Waals surface area contributed by atoms with Crippen LogP contribution >= 0.6 is 0 Å². The van der Waals surface area contributed by atoms with Crippen LogP contribution in [0.2, 0.25) is 0 Å². The zero-order valence-corrected chi connectivity index (χ0v) is 9.76. The Kier molecular flexibility index (Phi) is 5.53. The molecule has 1 rings (SSSR count). The van der Waals surface area contributed by atoms with E-state index in [1.165, 1.54) is 0 Å². The molecule has 0 amide bonds. The lowest BCUT2D eigenvalue weighted by molar-refractivity contribution is 0.200. The first-order valence-corrected chi connectivity index (χ1v) is 5.24.